The average molecular weight is 413 g/mol. The van der Waals surface area contributed by atoms with E-state index >= 15 is 0 Å². The minimum atomic E-state index is -0.990. The van der Waals surface area contributed by atoms with E-state index in [1.54, 1.807) is 19.1 Å². The third-order valence-electron chi connectivity index (χ3n) is 5.54. The van der Waals surface area contributed by atoms with Crippen molar-refractivity contribution in [3.05, 3.63) is 71.4 Å². The van der Waals surface area contributed by atoms with Crippen molar-refractivity contribution in [3.63, 3.8) is 0 Å². The molecule has 0 N–H and O–H groups in total. The van der Waals surface area contributed by atoms with Crippen LogP contribution in [0.4, 0.5) is 5.69 Å². The first kappa shape index (κ1) is 20.5. The second-order valence-corrected chi connectivity index (χ2v) is 7.56. The molecule has 31 heavy (non-hydrogen) atoms. The zero-order valence-corrected chi connectivity index (χ0v) is 17.4. The number of benzene rings is 2. The summed E-state index contributed by atoms with van der Waals surface area (Å²) in [7, 11) is 0. The number of nitriles is 1. The fraction of sp³-hybridized carbons (Fsp3) is 0.280. The van der Waals surface area contributed by atoms with Crippen LogP contribution in [-0.2, 0) is 22.4 Å². The first-order valence-electron chi connectivity index (χ1n) is 10.4. The molecule has 6 heteroatoms. The minimum absolute atomic E-state index is 0.184. The number of rotatable bonds is 6. The Bertz CT molecular complexity index is 1170. The first-order valence-corrected chi connectivity index (χ1v) is 10.4. The molecule has 1 heterocycles. The van der Waals surface area contributed by atoms with Crippen molar-refractivity contribution in [1.82, 2.24) is 4.98 Å². The maximum Gasteiger partial charge on any atom is 0.339 e. The van der Waals surface area contributed by atoms with Crippen molar-refractivity contribution < 1.29 is 14.3 Å². The number of hydrogen-bond acceptors (Lipinski definition) is 5. The lowest BCUT2D eigenvalue weighted by atomic mass is 10.0. The summed E-state index contributed by atoms with van der Waals surface area (Å²) in [6.45, 7) is 1.81. The highest BCUT2D eigenvalue weighted by Crippen LogP contribution is 2.31. The number of para-hydroxylation sites is 2. The molecule has 156 valence electrons. The summed E-state index contributed by atoms with van der Waals surface area (Å²) >= 11 is 0. The van der Waals surface area contributed by atoms with E-state index in [-0.39, 0.29) is 18.9 Å². The minimum Gasteiger partial charge on any atom is -0.449 e. The molecular formula is C25H23N3O3. The van der Waals surface area contributed by atoms with E-state index in [1.807, 2.05) is 42.5 Å². The molecule has 1 aromatic heterocycles. The number of hydrogen-bond donors (Lipinski definition) is 0. The Hall–Kier alpha value is -3.72. The van der Waals surface area contributed by atoms with Crippen LogP contribution in [0.25, 0.3) is 10.9 Å². The molecule has 0 bridgehead atoms. The summed E-state index contributed by atoms with van der Waals surface area (Å²) in [5, 5.41) is 9.73. The highest BCUT2D eigenvalue weighted by molar-refractivity contribution is 6.06. The maximum atomic E-state index is 13.2. The summed E-state index contributed by atoms with van der Waals surface area (Å²) in [6, 6.07) is 18.7. The molecule has 1 unspecified atom stereocenters. The van der Waals surface area contributed by atoms with Gasteiger partial charge in [0, 0.05) is 23.3 Å². The number of amides is 1. The first-order chi connectivity index (χ1) is 15.1. The zero-order chi connectivity index (χ0) is 21.8. The summed E-state index contributed by atoms with van der Waals surface area (Å²) in [5.74, 6) is -0.865. The number of ether oxygens (including phenoxy) is 1. The van der Waals surface area contributed by atoms with Gasteiger partial charge in [0.25, 0.3) is 5.91 Å². The van der Waals surface area contributed by atoms with Gasteiger partial charge in [-0.1, -0.05) is 36.4 Å². The highest BCUT2D eigenvalue weighted by atomic mass is 16.5. The summed E-state index contributed by atoms with van der Waals surface area (Å²) in [4.78, 5) is 32.6. The van der Waals surface area contributed by atoms with E-state index in [0.29, 0.717) is 11.3 Å². The van der Waals surface area contributed by atoms with Crippen molar-refractivity contribution in [2.75, 3.05) is 11.4 Å². The Morgan fingerprint density at radius 3 is 2.65 bits per heavy atom. The van der Waals surface area contributed by atoms with Crippen LogP contribution in [0.2, 0.25) is 0 Å². The van der Waals surface area contributed by atoms with Gasteiger partial charge in [-0.15, -0.1) is 0 Å². The number of aryl methyl sites for hydroxylation is 1. The van der Waals surface area contributed by atoms with E-state index in [1.165, 1.54) is 4.90 Å². The molecule has 0 aliphatic heterocycles. The van der Waals surface area contributed by atoms with Gasteiger partial charge >= 0.3 is 5.97 Å². The molecule has 0 fully saturated rings. The van der Waals surface area contributed by atoms with Gasteiger partial charge in [0.1, 0.15) is 0 Å². The summed E-state index contributed by atoms with van der Waals surface area (Å²) in [6.07, 6.45) is 1.76. The Balaban J connectivity index is 1.61. The van der Waals surface area contributed by atoms with Crippen molar-refractivity contribution >= 4 is 28.5 Å². The van der Waals surface area contributed by atoms with E-state index in [0.717, 1.165) is 41.4 Å². The number of esters is 1. The van der Waals surface area contributed by atoms with Gasteiger partial charge in [-0.05, 0) is 49.9 Å². The zero-order valence-electron chi connectivity index (χ0n) is 17.4. The van der Waals surface area contributed by atoms with Gasteiger partial charge in [-0.3, -0.25) is 9.78 Å². The lowest BCUT2D eigenvalue weighted by Gasteiger charge is -2.25. The van der Waals surface area contributed by atoms with E-state index in [4.69, 9.17) is 15.0 Å². The average Bonchev–Trinajstić information content (AvgIpc) is 3.26. The smallest absolute Gasteiger partial charge is 0.339 e. The molecule has 0 saturated carbocycles. The molecule has 0 radical (unpaired) electrons. The predicted molar refractivity (Wildman–Crippen MR) is 118 cm³/mol. The van der Waals surface area contributed by atoms with Gasteiger partial charge in [0.15, 0.2) is 6.10 Å². The largest absolute Gasteiger partial charge is 0.449 e. The van der Waals surface area contributed by atoms with Gasteiger partial charge in [0.2, 0.25) is 0 Å². The Morgan fingerprint density at radius 1 is 1.13 bits per heavy atom. The quantitative estimate of drug-likeness (QED) is 0.565. The third kappa shape index (κ3) is 4.13. The second kappa shape index (κ2) is 8.97. The van der Waals surface area contributed by atoms with Crippen LogP contribution in [-0.4, -0.2) is 29.5 Å². The monoisotopic (exact) mass is 413 g/mol. The molecule has 1 aliphatic carbocycles. The molecular weight excluding hydrogens is 390 g/mol. The van der Waals surface area contributed by atoms with Crippen LogP contribution in [0.3, 0.4) is 0 Å². The lowest BCUT2D eigenvalue weighted by molar-refractivity contribution is -0.126. The molecule has 6 nitrogen and oxygen atoms in total. The molecule has 1 atom stereocenters. The van der Waals surface area contributed by atoms with Crippen LogP contribution in [0.5, 0.6) is 0 Å². The third-order valence-corrected chi connectivity index (χ3v) is 5.54. The summed E-state index contributed by atoms with van der Waals surface area (Å²) < 4.78 is 5.67. The van der Waals surface area contributed by atoms with Gasteiger partial charge in [-0.2, -0.15) is 5.26 Å². The number of carbonyl (C=O) groups excluding carboxylic acids is 2. The molecule has 3 aromatic rings. The summed E-state index contributed by atoms with van der Waals surface area (Å²) in [5.41, 5.74) is 3.80. The lowest BCUT2D eigenvalue weighted by Crippen LogP contribution is -2.40. The van der Waals surface area contributed by atoms with Gasteiger partial charge < -0.3 is 9.64 Å². The SMILES string of the molecule is CC(OC(=O)c1c2c(nc3ccccc13)CCC2)C(=O)N(CCC#N)c1ccccc1. The number of anilines is 1. The molecule has 1 aliphatic rings. The number of fused-ring (bicyclic) bond motifs is 2. The number of pyridine rings is 1. The van der Waals surface area contributed by atoms with Crippen LogP contribution in [0.1, 0.15) is 41.4 Å². The van der Waals surface area contributed by atoms with E-state index in [2.05, 4.69) is 6.07 Å². The van der Waals surface area contributed by atoms with Crippen molar-refractivity contribution in [2.45, 2.75) is 38.7 Å². The fourth-order valence-electron chi connectivity index (χ4n) is 4.07. The van der Waals surface area contributed by atoms with Gasteiger partial charge in [-0.25, -0.2) is 4.79 Å². The van der Waals surface area contributed by atoms with Crippen molar-refractivity contribution in [1.29, 1.82) is 5.26 Å². The molecule has 0 saturated heterocycles. The second-order valence-electron chi connectivity index (χ2n) is 7.56. The fourth-order valence-corrected chi connectivity index (χ4v) is 4.07. The van der Waals surface area contributed by atoms with E-state index in [9.17, 15) is 9.59 Å². The molecule has 2 aromatic carbocycles. The van der Waals surface area contributed by atoms with Crippen molar-refractivity contribution in [3.8, 4) is 6.07 Å². The van der Waals surface area contributed by atoms with Crippen LogP contribution >= 0.6 is 0 Å². The molecule has 1 amide bonds. The molecule has 4 rings (SSSR count). The molecule has 0 spiro atoms. The Labute approximate surface area is 181 Å². The highest BCUT2D eigenvalue weighted by Gasteiger charge is 2.29. The van der Waals surface area contributed by atoms with Crippen molar-refractivity contribution in [2.24, 2.45) is 0 Å². The Morgan fingerprint density at radius 2 is 1.87 bits per heavy atom. The number of nitrogens with zero attached hydrogens (tertiary/aromatic N) is 3. The number of aromatic nitrogens is 1. The van der Waals surface area contributed by atoms with Crippen LogP contribution in [0, 0.1) is 11.3 Å². The standard InChI is InChI=1S/C25H23N3O3/c1-17(24(29)28(16-8-15-26)18-9-3-2-4-10-18)31-25(30)23-19-11-5-6-13-21(19)27-22-14-7-12-20(22)23/h2-6,9-11,13,17H,7-8,12,14,16H2,1H3. The van der Waals surface area contributed by atoms with Crippen LogP contribution < -0.4 is 4.90 Å². The van der Waals surface area contributed by atoms with Crippen LogP contribution in [0.15, 0.2) is 54.6 Å². The normalized spacial score (nSPS) is 13.3. The van der Waals surface area contributed by atoms with Gasteiger partial charge in [0.05, 0.1) is 23.6 Å². The van der Waals surface area contributed by atoms with E-state index < -0.39 is 12.1 Å². The topological polar surface area (TPSA) is 83.3 Å². The predicted octanol–water partition coefficient (Wildman–Crippen LogP) is 4.22. The number of carbonyl (C=O) groups is 2. The maximum absolute atomic E-state index is 13.2. The Kier molecular flexibility index (Phi) is 5.94.